The number of rotatable bonds is 5. The molecule has 4 N–H and O–H groups in total. The Bertz CT molecular complexity index is 1030. The van der Waals surface area contributed by atoms with Crippen LogP contribution >= 0.6 is 0 Å². The second kappa shape index (κ2) is 7.05. The highest BCUT2D eigenvalue weighted by Gasteiger charge is 2.20. The number of primary amides is 1. The van der Waals surface area contributed by atoms with Gasteiger partial charge in [-0.05, 0) is 37.1 Å². The summed E-state index contributed by atoms with van der Waals surface area (Å²) < 4.78 is 15.8. The SMILES string of the molecule is CC(N)c1nc2c(F)ccc(CCC(N)=O)c2c(=O)n1-c1ccccc1. The van der Waals surface area contributed by atoms with Crippen LogP contribution in [0.15, 0.2) is 47.3 Å². The van der Waals surface area contributed by atoms with Gasteiger partial charge < -0.3 is 11.5 Å². The van der Waals surface area contributed by atoms with E-state index in [-0.39, 0.29) is 29.6 Å². The van der Waals surface area contributed by atoms with Gasteiger partial charge in [-0.15, -0.1) is 0 Å². The summed E-state index contributed by atoms with van der Waals surface area (Å²) in [7, 11) is 0. The van der Waals surface area contributed by atoms with Gasteiger partial charge in [0.1, 0.15) is 17.2 Å². The maximum Gasteiger partial charge on any atom is 0.266 e. The number of benzene rings is 2. The van der Waals surface area contributed by atoms with Gasteiger partial charge in [0.05, 0.1) is 17.1 Å². The van der Waals surface area contributed by atoms with E-state index >= 15 is 0 Å². The second-order valence-corrected chi connectivity index (χ2v) is 6.13. The van der Waals surface area contributed by atoms with Crippen molar-refractivity contribution in [3.05, 3.63) is 70.0 Å². The summed E-state index contributed by atoms with van der Waals surface area (Å²) in [5, 5.41) is 0.138. The molecule has 7 heteroatoms. The topological polar surface area (TPSA) is 104 Å². The molecule has 3 rings (SSSR count). The predicted molar refractivity (Wildman–Crippen MR) is 97.4 cm³/mol. The second-order valence-electron chi connectivity index (χ2n) is 6.13. The summed E-state index contributed by atoms with van der Waals surface area (Å²) in [5.74, 6) is -0.840. The number of para-hydroxylation sites is 1. The lowest BCUT2D eigenvalue weighted by Gasteiger charge is -2.17. The zero-order chi connectivity index (χ0) is 18.8. The minimum absolute atomic E-state index is 0.0450. The van der Waals surface area contributed by atoms with Gasteiger partial charge in [0, 0.05) is 6.42 Å². The predicted octanol–water partition coefficient (Wildman–Crippen LogP) is 1.96. The van der Waals surface area contributed by atoms with Gasteiger partial charge in [-0.2, -0.15) is 0 Å². The molecular weight excluding hydrogens is 335 g/mol. The summed E-state index contributed by atoms with van der Waals surface area (Å²) >= 11 is 0. The summed E-state index contributed by atoms with van der Waals surface area (Å²) in [4.78, 5) is 28.7. The van der Waals surface area contributed by atoms with Crippen molar-refractivity contribution in [3.8, 4) is 5.69 Å². The molecule has 1 unspecified atom stereocenters. The van der Waals surface area contributed by atoms with Crippen LogP contribution in [0.25, 0.3) is 16.6 Å². The fourth-order valence-electron chi connectivity index (χ4n) is 2.93. The van der Waals surface area contributed by atoms with Gasteiger partial charge in [-0.1, -0.05) is 24.3 Å². The van der Waals surface area contributed by atoms with Gasteiger partial charge in [0.25, 0.3) is 5.56 Å². The zero-order valence-corrected chi connectivity index (χ0v) is 14.3. The van der Waals surface area contributed by atoms with Crippen molar-refractivity contribution in [1.82, 2.24) is 9.55 Å². The lowest BCUT2D eigenvalue weighted by Crippen LogP contribution is -2.28. The number of nitrogens with zero attached hydrogens (tertiary/aromatic N) is 2. The number of amides is 1. The summed E-state index contributed by atoms with van der Waals surface area (Å²) in [6.45, 7) is 1.68. The van der Waals surface area contributed by atoms with Gasteiger partial charge in [-0.25, -0.2) is 9.37 Å². The van der Waals surface area contributed by atoms with Crippen molar-refractivity contribution in [1.29, 1.82) is 0 Å². The van der Waals surface area contributed by atoms with E-state index in [1.54, 1.807) is 31.2 Å². The van der Waals surface area contributed by atoms with E-state index in [4.69, 9.17) is 11.5 Å². The van der Waals surface area contributed by atoms with E-state index < -0.39 is 23.3 Å². The molecule has 0 spiro atoms. The molecule has 0 saturated carbocycles. The quantitative estimate of drug-likeness (QED) is 0.731. The number of halogens is 1. The highest BCUT2D eigenvalue weighted by atomic mass is 19.1. The lowest BCUT2D eigenvalue weighted by molar-refractivity contribution is -0.117. The smallest absolute Gasteiger partial charge is 0.266 e. The maximum absolute atomic E-state index is 14.4. The lowest BCUT2D eigenvalue weighted by atomic mass is 10.0. The van der Waals surface area contributed by atoms with E-state index in [0.717, 1.165) is 0 Å². The standard InChI is InChI=1S/C19H19FN4O2/c1-11(21)18-23-17-14(20)9-7-12(8-10-15(22)25)16(17)19(26)24(18)13-5-3-2-4-6-13/h2-7,9,11H,8,10,21H2,1H3,(H2,22,25). The molecule has 0 fully saturated rings. The molecule has 1 amide bonds. The number of aromatic nitrogens is 2. The fourth-order valence-corrected chi connectivity index (χ4v) is 2.93. The van der Waals surface area contributed by atoms with Gasteiger partial charge >= 0.3 is 0 Å². The number of fused-ring (bicyclic) bond motifs is 1. The van der Waals surface area contributed by atoms with Gasteiger partial charge in [-0.3, -0.25) is 14.2 Å². The first-order valence-electron chi connectivity index (χ1n) is 8.23. The van der Waals surface area contributed by atoms with E-state index in [1.807, 2.05) is 6.07 Å². The van der Waals surface area contributed by atoms with Crippen molar-refractivity contribution in [2.24, 2.45) is 11.5 Å². The van der Waals surface area contributed by atoms with Crippen molar-refractivity contribution in [3.63, 3.8) is 0 Å². The zero-order valence-electron chi connectivity index (χ0n) is 14.3. The molecule has 134 valence electrons. The molecule has 0 aliphatic rings. The Morgan fingerprint density at radius 2 is 1.92 bits per heavy atom. The first kappa shape index (κ1) is 17.8. The van der Waals surface area contributed by atoms with Crippen molar-refractivity contribution in [2.75, 3.05) is 0 Å². The molecule has 0 radical (unpaired) electrons. The molecule has 0 saturated heterocycles. The average Bonchev–Trinajstić information content (AvgIpc) is 2.61. The first-order chi connectivity index (χ1) is 12.4. The number of aryl methyl sites for hydroxylation is 1. The number of hydrogen-bond donors (Lipinski definition) is 2. The summed E-state index contributed by atoms with van der Waals surface area (Å²) in [6, 6.07) is 11.1. The third kappa shape index (κ3) is 3.21. The molecule has 0 aliphatic carbocycles. The molecule has 2 aromatic carbocycles. The Morgan fingerprint density at radius 1 is 1.23 bits per heavy atom. The molecule has 0 bridgehead atoms. The number of hydrogen-bond acceptors (Lipinski definition) is 4. The number of nitrogens with two attached hydrogens (primary N) is 2. The number of carbonyl (C=O) groups excluding carboxylic acids is 1. The molecule has 26 heavy (non-hydrogen) atoms. The summed E-state index contributed by atoms with van der Waals surface area (Å²) in [6.07, 6.45) is 0.288. The van der Waals surface area contributed by atoms with Crippen LogP contribution in [0, 0.1) is 5.82 Å². The average molecular weight is 354 g/mol. The van der Waals surface area contributed by atoms with E-state index in [1.165, 1.54) is 16.7 Å². The van der Waals surface area contributed by atoms with Crippen LogP contribution in [0.5, 0.6) is 0 Å². The molecule has 6 nitrogen and oxygen atoms in total. The molecule has 1 heterocycles. The Balaban J connectivity index is 2.37. The molecule has 1 atom stereocenters. The van der Waals surface area contributed by atoms with Gasteiger partial charge in [0.15, 0.2) is 0 Å². The third-order valence-electron chi connectivity index (χ3n) is 4.15. The van der Waals surface area contributed by atoms with E-state index in [9.17, 15) is 14.0 Å². The van der Waals surface area contributed by atoms with Crippen LogP contribution in [-0.2, 0) is 11.2 Å². The van der Waals surface area contributed by atoms with Crippen molar-refractivity contribution >= 4 is 16.8 Å². The first-order valence-corrected chi connectivity index (χ1v) is 8.23. The molecular formula is C19H19FN4O2. The van der Waals surface area contributed by atoms with Gasteiger partial charge in [0.2, 0.25) is 5.91 Å². The monoisotopic (exact) mass is 354 g/mol. The van der Waals surface area contributed by atoms with Crippen LogP contribution in [0.3, 0.4) is 0 Å². The molecule has 3 aromatic rings. The minimum atomic E-state index is -0.609. The molecule has 1 aromatic heterocycles. The Morgan fingerprint density at radius 3 is 2.54 bits per heavy atom. The Kier molecular flexibility index (Phi) is 4.81. The molecule has 0 aliphatic heterocycles. The largest absolute Gasteiger partial charge is 0.370 e. The van der Waals surface area contributed by atoms with Crippen LogP contribution < -0.4 is 17.0 Å². The van der Waals surface area contributed by atoms with Crippen molar-refractivity contribution in [2.45, 2.75) is 25.8 Å². The Hall–Kier alpha value is -3.06. The number of carbonyl (C=O) groups is 1. The Labute approximate surface area is 149 Å². The fraction of sp³-hybridized carbons (Fsp3) is 0.211. The highest BCUT2D eigenvalue weighted by molar-refractivity contribution is 5.83. The van der Waals surface area contributed by atoms with E-state index in [2.05, 4.69) is 4.98 Å². The van der Waals surface area contributed by atoms with Crippen LogP contribution in [0.4, 0.5) is 4.39 Å². The highest BCUT2D eigenvalue weighted by Crippen LogP contribution is 2.22. The minimum Gasteiger partial charge on any atom is -0.370 e. The van der Waals surface area contributed by atoms with Crippen LogP contribution in [0.1, 0.15) is 30.8 Å². The van der Waals surface area contributed by atoms with Crippen LogP contribution in [0.2, 0.25) is 0 Å². The normalized spacial score (nSPS) is 12.3. The van der Waals surface area contributed by atoms with Crippen LogP contribution in [-0.4, -0.2) is 15.5 Å². The summed E-state index contributed by atoms with van der Waals surface area (Å²) in [5.41, 5.74) is 11.8. The maximum atomic E-state index is 14.4. The van der Waals surface area contributed by atoms with Crippen molar-refractivity contribution < 1.29 is 9.18 Å². The van der Waals surface area contributed by atoms with E-state index in [0.29, 0.717) is 11.3 Å². The third-order valence-corrected chi connectivity index (χ3v) is 4.15.